The SMILES string of the molecule is NC(=O)c1cc(C[CH]C(=O)N2CCC(N3CCNCC3)CC2)cc2nn[nH]c12. The van der Waals surface area contributed by atoms with Gasteiger partial charge in [0.05, 0.1) is 17.5 Å². The van der Waals surface area contributed by atoms with E-state index in [-0.39, 0.29) is 5.91 Å². The molecule has 0 aliphatic carbocycles. The molecule has 9 heteroatoms. The van der Waals surface area contributed by atoms with Crippen molar-refractivity contribution in [2.24, 2.45) is 5.73 Å². The number of nitrogens with one attached hydrogen (secondary N) is 2. The summed E-state index contributed by atoms with van der Waals surface area (Å²) in [6.45, 7) is 5.87. The molecule has 2 aromatic rings. The molecule has 149 valence electrons. The van der Waals surface area contributed by atoms with Crippen molar-refractivity contribution in [3.8, 4) is 0 Å². The van der Waals surface area contributed by atoms with Crippen molar-refractivity contribution in [1.82, 2.24) is 30.5 Å². The van der Waals surface area contributed by atoms with Crippen LogP contribution in [0.5, 0.6) is 0 Å². The number of piperazine rings is 1. The Morgan fingerprint density at radius 2 is 1.93 bits per heavy atom. The number of amides is 2. The summed E-state index contributed by atoms with van der Waals surface area (Å²) in [5.41, 5.74) is 7.71. The first-order valence-corrected chi connectivity index (χ1v) is 9.82. The van der Waals surface area contributed by atoms with E-state index in [1.165, 1.54) is 0 Å². The number of primary amides is 1. The van der Waals surface area contributed by atoms with Crippen molar-refractivity contribution in [2.75, 3.05) is 39.3 Å². The Morgan fingerprint density at radius 1 is 1.18 bits per heavy atom. The molecule has 28 heavy (non-hydrogen) atoms. The Morgan fingerprint density at radius 3 is 2.64 bits per heavy atom. The van der Waals surface area contributed by atoms with Gasteiger partial charge in [-0.15, -0.1) is 5.10 Å². The van der Waals surface area contributed by atoms with Crippen LogP contribution in [-0.4, -0.2) is 82.3 Å². The maximum atomic E-state index is 12.6. The lowest BCUT2D eigenvalue weighted by atomic mass is 10.0. The van der Waals surface area contributed by atoms with Crippen LogP contribution in [0.15, 0.2) is 12.1 Å². The molecule has 4 N–H and O–H groups in total. The van der Waals surface area contributed by atoms with Gasteiger partial charge in [0.15, 0.2) is 0 Å². The Balaban J connectivity index is 1.32. The zero-order chi connectivity index (χ0) is 19.5. The molecule has 0 bridgehead atoms. The fourth-order valence-corrected chi connectivity index (χ4v) is 4.16. The molecule has 3 heterocycles. The summed E-state index contributed by atoms with van der Waals surface area (Å²) in [6, 6.07) is 4.11. The average molecular weight is 384 g/mol. The molecule has 0 atom stereocenters. The van der Waals surface area contributed by atoms with Crippen molar-refractivity contribution >= 4 is 22.8 Å². The number of aromatic amines is 1. The van der Waals surface area contributed by atoms with Gasteiger partial charge in [0.2, 0.25) is 5.91 Å². The molecule has 1 aromatic heterocycles. The van der Waals surface area contributed by atoms with Crippen LogP contribution in [0.1, 0.15) is 28.8 Å². The fourth-order valence-electron chi connectivity index (χ4n) is 4.16. The number of nitrogens with zero attached hydrogens (tertiary/aromatic N) is 4. The third kappa shape index (κ3) is 4.00. The second-order valence-electron chi connectivity index (χ2n) is 7.46. The van der Waals surface area contributed by atoms with Gasteiger partial charge in [-0.1, -0.05) is 5.21 Å². The van der Waals surface area contributed by atoms with Gasteiger partial charge in [0.1, 0.15) is 5.52 Å². The number of benzene rings is 1. The number of fused-ring (bicyclic) bond motifs is 1. The van der Waals surface area contributed by atoms with Crippen molar-refractivity contribution < 1.29 is 9.59 Å². The summed E-state index contributed by atoms with van der Waals surface area (Å²) in [4.78, 5) is 28.7. The number of aromatic nitrogens is 3. The van der Waals surface area contributed by atoms with Crippen molar-refractivity contribution in [2.45, 2.75) is 25.3 Å². The largest absolute Gasteiger partial charge is 0.366 e. The van der Waals surface area contributed by atoms with Gasteiger partial charge in [0.25, 0.3) is 5.91 Å². The molecule has 4 rings (SSSR count). The molecule has 2 amide bonds. The Bertz CT molecular complexity index is 851. The lowest BCUT2D eigenvalue weighted by molar-refractivity contribution is -0.129. The van der Waals surface area contributed by atoms with Gasteiger partial charge < -0.3 is 16.0 Å². The summed E-state index contributed by atoms with van der Waals surface area (Å²) in [5.74, 6) is -0.501. The van der Waals surface area contributed by atoms with Crippen LogP contribution in [0.4, 0.5) is 0 Å². The number of H-pyrrole nitrogens is 1. The standard InChI is InChI=1S/C19H26N7O2/c20-19(28)15-11-13(12-16-18(15)23-24-22-16)1-2-17(27)26-7-3-14(4-8-26)25-9-5-21-6-10-25/h2,11-12,14,21H,1,3-10H2,(H2,20,28)(H,22,23,24). The Hall–Kier alpha value is -2.52. The first-order valence-electron chi connectivity index (χ1n) is 9.82. The van der Waals surface area contributed by atoms with Crippen molar-refractivity contribution in [1.29, 1.82) is 0 Å². The second-order valence-corrected chi connectivity index (χ2v) is 7.46. The van der Waals surface area contributed by atoms with Crippen LogP contribution < -0.4 is 11.1 Å². The number of nitrogens with two attached hydrogens (primary N) is 1. The van der Waals surface area contributed by atoms with E-state index in [1.807, 2.05) is 11.0 Å². The monoisotopic (exact) mass is 384 g/mol. The Kier molecular flexibility index (Phi) is 5.54. The van der Waals surface area contributed by atoms with Crippen LogP contribution in [0.25, 0.3) is 11.0 Å². The molecular weight excluding hydrogens is 358 g/mol. The fraction of sp³-hybridized carbons (Fsp3) is 0.526. The zero-order valence-electron chi connectivity index (χ0n) is 15.9. The third-order valence-corrected chi connectivity index (χ3v) is 5.72. The van der Waals surface area contributed by atoms with E-state index in [4.69, 9.17) is 5.73 Å². The highest BCUT2D eigenvalue weighted by Gasteiger charge is 2.27. The smallest absolute Gasteiger partial charge is 0.250 e. The molecule has 2 fully saturated rings. The van der Waals surface area contributed by atoms with Crippen LogP contribution in [-0.2, 0) is 11.2 Å². The highest BCUT2D eigenvalue weighted by Crippen LogP contribution is 2.20. The molecule has 9 nitrogen and oxygen atoms in total. The minimum atomic E-state index is -0.542. The summed E-state index contributed by atoms with van der Waals surface area (Å²) < 4.78 is 0. The van der Waals surface area contributed by atoms with Crippen LogP contribution in [0, 0.1) is 6.42 Å². The molecule has 2 saturated heterocycles. The van der Waals surface area contributed by atoms with Crippen LogP contribution >= 0.6 is 0 Å². The topological polar surface area (TPSA) is 120 Å². The number of piperidine rings is 1. The number of hydrogen-bond donors (Lipinski definition) is 3. The van der Waals surface area contributed by atoms with Gasteiger partial charge in [-0.25, -0.2) is 0 Å². The zero-order valence-corrected chi connectivity index (χ0v) is 15.9. The third-order valence-electron chi connectivity index (χ3n) is 5.72. The predicted octanol–water partition coefficient (Wildman–Crippen LogP) is -0.300. The molecule has 1 radical (unpaired) electrons. The summed E-state index contributed by atoms with van der Waals surface area (Å²) in [5, 5.41) is 13.8. The van der Waals surface area contributed by atoms with E-state index >= 15 is 0 Å². The van der Waals surface area contributed by atoms with Gasteiger partial charge >= 0.3 is 0 Å². The Labute approximate surface area is 163 Å². The van der Waals surface area contributed by atoms with E-state index < -0.39 is 5.91 Å². The minimum Gasteiger partial charge on any atom is -0.366 e. The first-order chi connectivity index (χ1) is 13.6. The number of rotatable bonds is 5. The minimum absolute atomic E-state index is 0.0413. The van der Waals surface area contributed by atoms with Crippen molar-refractivity contribution in [3.63, 3.8) is 0 Å². The summed E-state index contributed by atoms with van der Waals surface area (Å²) in [6.07, 6.45) is 4.16. The maximum Gasteiger partial charge on any atom is 0.250 e. The summed E-state index contributed by atoms with van der Waals surface area (Å²) >= 11 is 0. The van der Waals surface area contributed by atoms with Crippen LogP contribution in [0.3, 0.4) is 0 Å². The quantitative estimate of drug-likeness (QED) is 0.651. The second kappa shape index (κ2) is 8.24. The van der Waals surface area contributed by atoms with Crippen LogP contribution in [0.2, 0.25) is 0 Å². The predicted molar refractivity (Wildman–Crippen MR) is 104 cm³/mol. The molecule has 2 aliphatic rings. The highest BCUT2D eigenvalue weighted by atomic mass is 16.2. The van der Waals surface area contributed by atoms with Gasteiger partial charge in [-0.3, -0.25) is 19.6 Å². The number of carbonyl (C=O) groups is 2. The van der Waals surface area contributed by atoms with E-state index in [0.29, 0.717) is 29.1 Å². The molecule has 0 saturated carbocycles. The summed E-state index contributed by atoms with van der Waals surface area (Å²) in [7, 11) is 0. The number of likely N-dealkylation sites (tertiary alicyclic amines) is 1. The lowest BCUT2D eigenvalue weighted by Crippen LogP contribution is -2.52. The first kappa shape index (κ1) is 18.8. The van der Waals surface area contributed by atoms with E-state index in [1.54, 1.807) is 12.5 Å². The maximum absolute atomic E-state index is 12.6. The lowest BCUT2D eigenvalue weighted by Gasteiger charge is -2.40. The highest BCUT2D eigenvalue weighted by molar-refractivity contribution is 6.04. The van der Waals surface area contributed by atoms with E-state index in [0.717, 1.165) is 57.7 Å². The van der Waals surface area contributed by atoms with E-state index in [9.17, 15) is 9.59 Å². The molecular formula is C19H26N7O2. The molecule has 0 spiro atoms. The molecule has 2 aliphatic heterocycles. The average Bonchev–Trinajstić information content (AvgIpc) is 3.20. The van der Waals surface area contributed by atoms with Crippen molar-refractivity contribution in [3.05, 3.63) is 29.7 Å². The van der Waals surface area contributed by atoms with Gasteiger partial charge in [-0.05, 0) is 37.0 Å². The number of hydrogen-bond acceptors (Lipinski definition) is 6. The van der Waals surface area contributed by atoms with Gasteiger partial charge in [-0.2, -0.15) is 0 Å². The molecule has 1 aromatic carbocycles. The van der Waals surface area contributed by atoms with Gasteiger partial charge in [0, 0.05) is 45.3 Å². The normalized spacial score (nSPS) is 19.2. The molecule has 0 unspecified atom stereocenters. The van der Waals surface area contributed by atoms with E-state index in [2.05, 4.69) is 25.6 Å². The number of carbonyl (C=O) groups excluding carboxylic acids is 2.